The van der Waals surface area contributed by atoms with E-state index in [9.17, 15) is 19.2 Å². The minimum absolute atomic E-state index is 0.141. The van der Waals surface area contributed by atoms with Gasteiger partial charge in [-0.05, 0) is 41.8 Å². The zero-order valence-electron chi connectivity index (χ0n) is 27.6. The Kier molecular flexibility index (Phi) is 18.8. The fraction of sp³-hybridized carbons (Fsp3) is 0.429. The number of hydrogen-bond acceptors (Lipinski definition) is 14. The van der Waals surface area contributed by atoms with E-state index in [0.717, 1.165) is 69.9 Å². The van der Waals surface area contributed by atoms with Crippen LogP contribution in [-0.2, 0) is 35.1 Å². The van der Waals surface area contributed by atoms with Crippen LogP contribution in [-0.4, -0.2) is 115 Å². The van der Waals surface area contributed by atoms with Crippen molar-refractivity contribution in [1.82, 2.24) is 0 Å². The second kappa shape index (κ2) is 23.2. The van der Waals surface area contributed by atoms with E-state index in [1.165, 1.54) is 0 Å². The number of benzene rings is 2. The van der Waals surface area contributed by atoms with E-state index in [1.54, 1.807) is 23.5 Å². The van der Waals surface area contributed by atoms with Crippen molar-refractivity contribution in [3.8, 4) is 11.5 Å². The first-order chi connectivity index (χ1) is 24.7. The number of esters is 2. The molecule has 0 spiro atoms. The smallest absolute Gasteiger partial charge is 0.331 e. The lowest BCUT2D eigenvalue weighted by molar-refractivity contribution is -0.144. The topological polar surface area (TPSA) is 146 Å². The van der Waals surface area contributed by atoms with Crippen LogP contribution in [0.5, 0.6) is 11.5 Å². The van der Waals surface area contributed by atoms with Crippen molar-refractivity contribution < 1.29 is 48.3 Å². The van der Waals surface area contributed by atoms with Gasteiger partial charge in [0.25, 0.3) is 0 Å². The van der Waals surface area contributed by atoms with Gasteiger partial charge >= 0.3 is 23.9 Å². The highest BCUT2D eigenvalue weighted by Crippen LogP contribution is 2.35. The zero-order valence-corrected chi connectivity index (χ0v) is 32.5. The van der Waals surface area contributed by atoms with E-state index in [4.69, 9.17) is 29.2 Å². The van der Waals surface area contributed by atoms with Crippen LogP contribution >= 0.6 is 70.6 Å². The van der Waals surface area contributed by atoms with Gasteiger partial charge in [0.05, 0.1) is 9.16 Å². The van der Waals surface area contributed by atoms with E-state index in [0.29, 0.717) is 38.6 Å². The first-order valence-corrected chi connectivity index (χ1v) is 22.5. The number of carboxylic acid groups (broad SMARTS) is 2. The minimum Gasteiger partial charge on any atom is -0.490 e. The summed E-state index contributed by atoms with van der Waals surface area (Å²) in [6.45, 7) is 0.281. The van der Waals surface area contributed by atoms with Crippen LogP contribution in [0.4, 0.5) is 0 Å². The van der Waals surface area contributed by atoms with E-state index in [2.05, 4.69) is 0 Å². The van der Waals surface area contributed by atoms with Crippen molar-refractivity contribution in [2.24, 2.45) is 0 Å². The fourth-order valence-corrected chi connectivity index (χ4v) is 13.3. The van der Waals surface area contributed by atoms with Crippen LogP contribution in [0.15, 0.2) is 72.8 Å². The number of hydrogen-bond donors (Lipinski definition) is 2. The Bertz CT molecular complexity index is 1350. The van der Waals surface area contributed by atoms with Crippen LogP contribution in [0, 0.1) is 0 Å². The molecule has 10 nitrogen and oxygen atoms in total. The molecule has 2 aliphatic rings. The molecule has 2 aromatic carbocycles. The average Bonchev–Trinajstić information content (AvgIpc) is 3.84. The summed E-state index contributed by atoms with van der Waals surface area (Å²) in [7, 11) is 0. The molecular weight excluding hydrogens is 773 g/mol. The third-order valence-corrected chi connectivity index (χ3v) is 16.2. The average molecular weight is 813 g/mol. The van der Waals surface area contributed by atoms with Gasteiger partial charge in [-0.2, -0.15) is 23.5 Å². The van der Waals surface area contributed by atoms with E-state index in [-0.39, 0.29) is 13.2 Å². The Balaban J connectivity index is 1.24. The molecule has 0 radical (unpaired) electrons. The maximum Gasteiger partial charge on any atom is 0.331 e. The third kappa shape index (κ3) is 17.3. The molecule has 2 unspecified atom stereocenters. The molecule has 2 fully saturated rings. The molecular formula is C35H40O10S6. The summed E-state index contributed by atoms with van der Waals surface area (Å²) in [4.78, 5) is 45.9. The second-order valence-corrected chi connectivity index (χ2v) is 19.0. The number of carbonyl (C=O) groups is 4. The van der Waals surface area contributed by atoms with Crippen LogP contribution in [0.3, 0.4) is 0 Å². The van der Waals surface area contributed by atoms with Gasteiger partial charge in [0.15, 0.2) is 0 Å². The van der Waals surface area contributed by atoms with Gasteiger partial charge in [-0.15, -0.1) is 47.0 Å². The van der Waals surface area contributed by atoms with E-state index >= 15 is 0 Å². The number of ether oxygens (including phenoxy) is 4. The van der Waals surface area contributed by atoms with Crippen LogP contribution in [0.1, 0.15) is 11.1 Å². The Hall–Kier alpha value is -2.50. The molecule has 0 bridgehead atoms. The fourth-order valence-electron chi connectivity index (χ4n) is 4.54. The molecule has 2 atom stereocenters. The minimum atomic E-state index is -1.22. The first kappa shape index (κ1) is 41.3. The standard InChI is InChI=1S/C35H40O10S6/c36-30(37)9-11-32(40)44-28(20-46-22-34-48-13-14-49-34)18-42-26-5-1-24(2-6-26)17-25-3-7-27(8-4-25)43-19-29(45-33(41)12-10-31(38)39)21-47-23-35-50-15-16-51-35/h1-12,28-29,34-35H,13-23H2,(H,36,37)(H,38,39)/b11-9+,12-10+. The molecule has 0 aromatic heterocycles. The Morgan fingerprint density at radius 2 is 1.00 bits per heavy atom. The largest absolute Gasteiger partial charge is 0.490 e. The van der Waals surface area contributed by atoms with Crippen LogP contribution < -0.4 is 9.47 Å². The molecule has 0 aliphatic carbocycles. The second-order valence-electron chi connectivity index (χ2n) is 11.0. The molecule has 0 amide bonds. The van der Waals surface area contributed by atoms with Gasteiger partial charge in [-0.25, -0.2) is 19.2 Å². The normalized spacial score (nSPS) is 16.3. The molecule has 2 aromatic rings. The number of carbonyl (C=O) groups excluding carboxylic acids is 2. The predicted molar refractivity (Wildman–Crippen MR) is 212 cm³/mol. The van der Waals surface area contributed by atoms with Gasteiger partial charge in [-0.1, -0.05) is 24.3 Å². The predicted octanol–water partition coefficient (Wildman–Crippen LogP) is 6.22. The van der Waals surface area contributed by atoms with Crippen molar-refractivity contribution in [2.45, 2.75) is 27.8 Å². The third-order valence-electron chi connectivity index (χ3n) is 6.91. The highest BCUT2D eigenvalue weighted by Gasteiger charge is 2.21. The summed E-state index contributed by atoms with van der Waals surface area (Å²) in [5.41, 5.74) is 2.13. The molecule has 2 saturated heterocycles. The first-order valence-electron chi connectivity index (χ1n) is 16.0. The quantitative estimate of drug-likeness (QED) is 0.102. The summed E-state index contributed by atoms with van der Waals surface area (Å²) in [6.07, 6.45) is 2.93. The molecule has 2 heterocycles. The maximum atomic E-state index is 12.2. The van der Waals surface area contributed by atoms with E-state index in [1.807, 2.05) is 95.6 Å². The Morgan fingerprint density at radius 1 is 0.627 bits per heavy atom. The van der Waals surface area contributed by atoms with Gasteiger partial charge < -0.3 is 29.2 Å². The number of rotatable bonds is 22. The van der Waals surface area contributed by atoms with Crippen molar-refractivity contribution in [3.63, 3.8) is 0 Å². The maximum absolute atomic E-state index is 12.2. The summed E-state index contributed by atoms with van der Waals surface area (Å²) >= 11 is 11.1. The highest BCUT2D eigenvalue weighted by atomic mass is 32.2. The molecule has 2 N–H and O–H groups in total. The van der Waals surface area contributed by atoms with E-state index < -0.39 is 36.1 Å². The SMILES string of the molecule is O=C(O)/C=C/C(=O)OC(COc1ccc(Cc2ccc(OCC(CSCC3SCCS3)OC(=O)/C=C/C(=O)O)cc2)cc1)CSCC1SCCS1. The number of carboxylic acids is 2. The number of thioether (sulfide) groups is 6. The van der Waals surface area contributed by atoms with Gasteiger partial charge in [0.1, 0.15) is 36.9 Å². The summed E-state index contributed by atoms with van der Waals surface area (Å²) in [5, 5.41) is 17.6. The molecule has 51 heavy (non-hydrogen) atoms. The lowest BCUT2D eigenvalue weighted by atomic mass is 10.0. The Labute approximate surface area is 323 Å². The zero-order chi connectivity index (χ0) is 36.3. The van der Waals surface area contributed by atoms with Crippen molar-refractivity contribution >= 4 is 94.4 Å². The highest BCUT2D eigenvalue weighted by molar-refractivity contribution is 8.21. The monoisotopic (exact) mass is 812 g/mol. The summed E-state index contributed by atoms with van der Waals surface area (Å²) in [5.74, 6) is 4.89. The van der Waals surface area contributed by atoms with Gasteiger partial charge in [0.2, 0.25) is 0 Å². The number of aliphatic carboxylic acids is 2. The lowest BCUT2D eigenvalue weighted by Crippen LogP contribution is -2.27. The summed E-state index contributed by atoms with van der Waals surface area (Å²) in [6, 6.07) is 15.3. The lowest BCUT2D eigenvalue weighted by Gasteiger charge is -2.19. The molecule has 2 aliphatic heterocycles. The molecule has 276 valence electrons. The molecule has 4 rings (SSSR count). The molecule has 16 heteroatoms. The Morgan fingerprint density at radius 3 is 1.35 bits per heavy atom. The molecule has 0 saturated carbocycles. The van der Waals surface area contributed by atoms with Crippen LogP contribution in [0.25, 0.3) is 0 Å². The van der Waals surface area contributed by atoms with Crippen molar-refractivity contribution in [2.75, 3.05) is 59.2 Å². The van der Waals surface area contributed by atoms with Crippen LogP contribution in [0.2, 0.25) is 0 Å². The summed E-state index contributed by atoms with van der Waals surface area (Å²) < 4.78 is 24.0. The van der Waals surface area contributed by atoms with Crippen molar-refractivity contribution in [1.29, 1.82) is 0 Å². The van der Waals surface area contributed by atoms with Gasteiger partial charge in [-0.3, -0.25) is 0 Å². The van der Waals surface area contributed by atoms with Gasteiger partial charge in [0, 0.05) is 70.3 Å². The van der Waals surface area contributed by atoms with Crippen molar-refractivity contribution in [3.05, 3.63) is 84.0 Å².